The molecule has 0 unspecified atom stereocenters. The number of nitrogens with one attached hydrogen (secondary N) is 1. The number of rotatable bonds is 4. The number of hydrogen-bond donors (Lipinski definition) is 2. The number of benzene rings is 1. The van der Waals surface area contributed by atoms with Crippen molar-refractivity contribution in [1.29, 1.82) is 0 Å². The Morgan fingerprint density at radius 3 is 2.85 bits per heavy atom. The topological polar surface area (TPSA) is 133 Å². The Morgan fingerprint density at radius 2 is 2.09 bits per heavy atom. The summed E-state index contributed by atoms with van der Waals surface area (Å²) in [5.41, 5.74) is -0.968. The fourth-order valence-electron chi connectivity index (χ4n) is 4.38. The molecule has 12 heteroatoms. The zero-order chi connectivity index (χ0) is 23.7. The van der Waals surface area contributed by atoms with Gasteiger partial charge in [0, 0.05) is 45.8 Å². The number of halogens is 1. The maximum atomic E-state index is 13.8. The van der Waals surface area contributed by atoms with Gasteiger partial charge in [0.1, 0.15) is 17.2 Å². The third kappa shape index (κ3) is 3.94. The van der Waals surface area contributed by atoms with Crippen molar-refractivity contribution in [3.05, 3.63) is 63.8 Å². The maximum absolute atomic E-state index is 13.8. The number of aromatic hydroxyl groups is 1. The van der Waals surface area contributed by atoms with Crippen LogP contribution in [-0.2, 0) is 28.2 Å². The minimum atomic E-state index is -0.853. The molecule has 0 saturated carbocycles. The second-order valence-electron chi connectivity index (χ2n) is 8.20. The standard InChI is InChI=1S/C22H23FN6O5/c23-15-3-2-14(16(12-15)29-8-6-25-27-29)13-24-19(31)17-18(30)20(32)28-7-1-9-34-22(21(28)26-17)4-10-33-11-5-22/h2-3,6,8,12,30H,1,4-5,7,9-11,13H2,(H,24,31). The molecule has 2 aliphatic heterocycles. The fraction of sp³-hybridized carbons (Fsp3) is 0.409. The van der Waals surface area contributed by atoms with Gasteiger partial charge in [0.2, 0.25) is 5.75 Å². The van der Waals surface area contributed by atoms with Gasteiger partial charge in [-0.2, -0.15) is 0 Å². The van der Waals surface area contributed by atoms with Crippen LogP contribution in [0, 0.1) is 5.82 Å². The van der Waals surface area contributed by atoms with Crippen molar-refractivity contribution in [1.82, 2.24) is 29.9 Å². The van der Waals surface area contributed by atoms with E-state index in [0.717, 1.165) is 0 Å². The van der Waals surface area contributed by atoms with Gasteiger partial charge in [-0.1, -0.05) is 11.3 Å². The molecule has 178 valence electrons. The normalized spacial score (nSPS) is 17.2. The van der Waals surface area contributed by atoms with Crippen molar-refractivity contribution >= 4 is 5.91 Å². The molecule has 0 bridgehead atoms. The summed E-state index contributed by atoms with van der Waals surface area (Å²) in [4.78, 5) is 30.5. The number of nitrogens with zero attached hydrogens (tertiary/aromatic N) is 5. The van der Waals surface area contributed by atoms with E-state index >= 15 is 0 Å². The number of fused-ring (bicyclic) bond motifs is 2. The molecule has 1 fully saturated rings. The number of aromatic nitrogens is 5. The first-order chi connectivity index (χ1) is 16.5. The van der Waals surface area contributed by atoms with Gasteiger partial charge in [-0.3, -0.25) is 14.2 Å². The van der Waals surface area contributed by atoms with Crippen molar-refractivity contribution in [2.75, 3.05) is 19.8 Å². The van der Waals surface area contributed by atoms with Crippen molar-refractivity contribution in [3.63, 3.8) is 0 Å². The number of carbonyl (C=O) groups excluding carboxylic acids is 1. The molecule has 3 aromatic rings. The van der Waals surface area contributed by atoms with Gasteiger partial charge in [-0.05, 0) is 24.1 Å². The summed E-state index contributed by atoms with van der Waals surface area (Å²) in [6, 6.07) is 4.04. The van der Waals surface area contributed by atoms with E-state index in [1.165, 1.54) is 33.6 Å². The molecule has 34 heavy (non-hydrogen) atoms. The van der Waals surface area contributed by atoms with Gasteiger partial charge < -0.3 is 19.9 Å². The highest BCUT2D eigenvalue weighted by molar-refractivity contribution is 5.94. The van der Waals surface area contributed by atoms with Crippen molar-refractivity contribution in [2.45, 2.75) is 38.0 Å². The van der Waals surface area contributed by atoms with Crippen LogP contribution in [0.15, 0.2) is 35.4 Å². The van der Waals surface area contributed by atoms with Gasteiger partial charge in [0.15, 0.2) is 5.69 Å². The molecular formula is C22H23FN6O5. The number of hydrogen-bond acceptors (Lipinski definition) is 8. The van der Waals surface area contributed by atoms with Gasteiger partial charge in [-0.25, -0.2) is 14.1 Å². The predicted octanol–water partition coefficient (Wildman–Crippen LogP) is 1.02. The Bertz CT molecular complexity index is 1270. The summed E-state index contributed by atoms with van der Waals surface area (Å²) in [5.74, 6) is -1.61. The molecule has 0 aliphatic carbocycles. The largest absolute Gasteiger partial charge is 0.501 e. The van der Waals surface area contributed by atoms with E-state index in [9.17, 15) is 19.1 Å². The van der Waals surface area contributed by atoms with Crippen LogP contribution in [0.4, 0.5) is 4.39 Å². The Balaban J connectivity index is 1.47. The first-order valence-electron chi connectivity index (χ1n) is 11.0. The first-order valence-corrected chi connectivity index (χ1v) is 11.0. The molecule has 2 aromatic heterocycles. The van der Waals surface area contributed by atoms with E-state index in [0.29, 0.717) is 62.7 Å². The molecule has 0 atom stereocenters. The van der Waals surface area contributed by atoms with Crippen LogP contribution in [0.1, 0.15) is 41.1 Å². The van der Waals surface area contributed by atoms with E-state index in [2.05, 4.69) is 20.6 Å². The lowest BCUT2D eigenvalue weighted by Crippen LogP contribution is -2.42. The second-order valence-corrected chi connectivity index (χ2v) is 8.20. The second kappa shape index (κ2) is 8.95. The van der Waals surface area contributed by atoms with Gasteiger partial charge in [0.05, 0.1) is 18.1 Å². The van der Waals surface area contributed by atoms with Crippen LogP contribution in [0.5, 0.6) is 5.75 Å². The molecule has 1 saturated heterocycles. The third-order valence-electron chi connectivity index (χ3n) is 6.13. The third-order valence-corrected chi connectivity index (χ3v) is 6.13. The highest BCUT2D eigenvalue weighted by atomic mass is 19.1. The monoisotopic (exact) mass is 470 g/mol. The number of amides is 1. The zero-order valence-corrected chi connectivity index (χ0v) is 18.2. The van der Waals surface area contributed by atoms with Crippen molar-refractivity contribution in [2.24, 2.45) is 0 Å². The van der Waals surface area contributed by atoms with Crippen LogP contribution < -0.4 is 10.9 Å². The van der Waals surface area contributed by atoms with Crippen molar-refractivity contribution in [3.8, 4) is 11.4 Å². The Labute approximate surface area is 193 Å². The summed E-state index contributed by atoms with van der Waals surface area (Å²) in [6.07, 6.45) is 4.56. The highest BCUT2D eigenvalue weighted by Gasteiger charge is 2.42. The van der Waals surface area contributed by atoms with E-state index < -0.39 is 28.6 Å². The van der Waals surface area contributed by atoms with Crippen LogP contribution in [0.25, 0.3) is 5.69 Å². The molecule has 2 aliphatic rings. The Kier molecular flexibility index (Phi) is 5.84. The minimum Gasteiger partial charge on any atom is -0.501 e. The Hall–Kier alpha value is -3.64. The molecule has 1 spiro atoms. The molecule has 1 amide bonds. The van der Waals surface area contributed by atoms with Crippen LogP contribution in [0.2, 0.25) is 0 Å². The summed E-state index contributed by atoms with van der Waals surface area (Å²) in [5, 5.41) is 20.8. The maximum Gasteiger partial charge on any atom is 0.296 e. The molecular weight excluding hydrogens is 447 g/mol. The van der Waals surface area contributed by atoms with Crippen LogP contribution in [0.3, 0.4) is 0 Å². The van der Waals surface area contributed by atoms with Gasteiger partial charge >= 0.3 is 0 Å². The molecule has 0 radical (unpaired) electrons. The summed E-state index contributed by atoms with van der Waals surface area (Å²) >= 11 is 0. The first kappa shape index (κ1) is 22.2. The summed E-state index contributed by atoms with van der Waals surface area (Å²) in [7, 11) is 0. The predicted molar refractivity (Wildman–Crippen MR) is 115 cm³/mol. The Morgan fingerprint density at radius 1 is 1.26 bits per heavy atom. The van der Waals surface area contributed by atoms with Crippen LogP contribution >= 0.6 is 0 Å². The van der Waals surface area contributed by atoms with Gasteiger partial charge in [0.25, 0.3) is 11.5 Å². The molecule has 11 nitrogen and oxygen atoms in total. The minimum absolute atomic E-state index is 0.0245. The average Bonchev–Trinajstić information content (AvgIpc) is 3.33. The van der Waals surface area contributed by atoms with E-state index in [1.807, 2.05) is 0 Å². The van der Waals surface area contributed by atoms with Gasteiger partial charge in [-0.15, -0.1) is 5.10 Å². The average molecular weight is 470 g/mol. The van der Waals surface area contributed by atoms with Crippen molar-refractivity contribution < 1.29 is 23.8 Å². The van der Waals surface area contributed by atoms with Crippen LogP contribution in [-0.4, -0.2) is 55.4 Å². The quantitative estimate of drug-likeness (QED) is 0.578. The lowest BCUT2D eigenvalue weighted by atomic mass is 9.92. The number of ether oxygens (including phenoxy) is 2. The van der Waals surface area contributed by atoms with E-state index in [-0.39, 0.29) is 12.2 Å². The fourth-order valence-corrected chi connectivity index (χ4v) is 4.38. The number of carbonyl (C=O) groups is 1. The highest BCUT2D eigenvalue weighted by Crippen LogP contribution is 2.37. The smallest absolute Gasteiger partial charge is 0.296 e. The van der Waals surface area contributed by atoms with E-state index in [4.69, 9.17) is 9.47 Å². The molecule has 4 heterocycles. The molecule has 1 aromatic carbocycles. The summed E-state index contributed by atoms with van der Waals surface area (Å²) < 4.78 is 28.2. The molecule has 2 N–H and O–H groups in total. The van der Waals surface area contributed by atoms with E-state index in [1.54, 1.807) is 6.20 Å². The molecule has 5 rings (SSSR count). The SMILES string of the molecule is O=C(NCc1ccc(F)cc1-n1ccnn1)c1nc2n(c(=O)c1O)CCCOC21CCOCC1. The summed E-state index contributed by atoms with van der Waals surface area (Å²) in [6.45, 7) is 1.61. The lowest BCUT2D eigenvalue weighted by molar-refractivity contribution is -0.118. The lowest BCUT2D eigenvalue weighted by Gasteiger charge is -2.36. The zero-order valence-electron chi connectivity index (χ0n) is 18.2.